The molecule has 2 unspecified atom stereocenters. The second-order valence-corrected chi connectivity index (χ2v) is 7.06. The number of benzene rings is 1. The Kier molecular flexibility index (Phi) is 3.54. The van der Waals surface area contributed by atoms with Crippen LogP contribution in [-0.4, -0.2) is 22.8 Å². The lowest BCUT2D eigenvalue weighted by Gasteiger charge is -2.24. The van der Waals surface area contributed by atoms with E-state index in [4.69, 9.17) is 4.74 Å². The molecule has 17 heavy (non-hydrogen) atoms. The molecule has 4 heteroatoms. The van der Waals surface area contributed by atoms with Gasteiger partial charge in [-0.05, 0) is 25.0 Å². The van der Waals surface area contributed by atoms with Crippen molar-refractivity contribution in [3.8, 4) is 0 Å². The molecular weight excluding hydrogens is 234 g/mol. The highest BCUT2D eigenvalue weighted by Gasteiger charge is 2.24. The van der Waals surface area contributed by atoms with E-state index in [0.29, 0.717) is 12.5 Å². The van der Waals surface area contributed by atoms with Crippen molar-refractivity contribution in [1.29, 1.82) is 0 Å². The standard InChI is InChI=1S/C13H19NO2S/c1-10(2)13-8-16-9-17(15,14-13)12-6-4-11(3)5-7-12/h4-7,10,13H,8-9H2,1-3H3. The molecule has 3 nitrogen and oxygen atoms in total. The molecule has 2 rings (SSSR count). The van der Waals surface area contributed by atoms with Crippen LogP contribution in [0.15, 0.2) is 33.5 Å². The van der Waals surface area contributed by atoms with E-state index >= 15 is 0 Å². The van der Waals surface area contributed by atoms with E-state index in [9.17, 15) is 4.21 Å². The summed E-state index contributed by atoms with van der Waals surface area (Å²) in [6, 6.07) is 7.77. The van der Waals surface area contributed by atoms with Crippen LogP contribution in [0.3, 0.4) is 0 Å². The van der Waals surface area contributed by atoms with Crippen molar-refractivity contribution >= 4 is 9.73 Å². The van der Waals surface area contributed by atoms with Crippen molar-refractivity contribution in [2.24, 2.45) is 10.3 Å². The van der Waals surface area contributed by atoms with Gasteiger partial charge in [0.25, 0.3) is 0 Å². The maximum atomic E-state index is 12.7. The fourth-order valence-corrected chi connectivity index (χ4v) is 3.70. The summed E-state index contributed by atoms with van der Waals surface area (Å²) < 4.78 is 22.7. The number of rotatable bonds is 2. The number of hydrogen-bond acceptors (Lipinski definition) is 3. The highest BCUT2D eigenvalue weighted by atomic mass is 32.2. The summed E-state index contributed by atoms with van der Waals surface area (Å²) in [6.07, 6.45) is 0. The summed E-state index contributed by atoms with van der Waals surface area (Å²) >= 11 is 0. The van der Waals surface area contributed by atoms with Crippen molar-refractivity contribution in [2.75, 3.05) is 12.5 Å². The molecule has 0 saturated carbocycles. The molecule has 2 atom stereocenters. The molecule has 0 radical (unpaired) electrons. The van der Waals surface area contributed by atoms with Crippen LogP contribution in [0.4, 0.5) is 0 Å². The van der Waals surface area contributed by atoms with Crippen molar-refractivity contribution in [3.05, 3.63) is 29.8 Å². The van der Waals surface area contributed by atoms with E-state index < -0.39 is 9.73 Å². The number of nitrogens with zero attached hydrogens (tertiary/aromatic N) is 1. The molecule has 0 amide bonds. The predicted octanol–water partition coefficient (Wildman–Crippen LogP) is 2.83. The van der Waals surface area contributed by atoms with E-state index in [-0.39, 0.29) is 12.0 Å². The number of aryl methyl sites for hydroxylation is 1. The van der Waals surface area contributed by atoms with Crippen LogP contribution in [0, 0.1) is 12.8 Å². The Hall–Kier alpha value is -0.870. The Labute approximate surface area is 103 Å². The van der Waals surface area contributed by atoms with Gasteiger partial charge in [-0.25, -0.2) is 8.57 Å². The van der Waals surface area contributed by atoms with Crippen LogP contribution in [0.25, 0.3) is 0 Å². The zero-order valence-corrected chi connectivity index (χ0v) is 11.4. The van der Waals surface area contributed by atoms with Crippen LogP contribution in [0.5, 0.6) is 0 Å². The lowest BCUT2D eigenvalue weighted by atomic mass is 10.1. The lowest BCUT2D eigenvalue weighted by molar-refractivity contribution is 0.140. The number of hydrogen-bond donors (Lipinski definition) is 0. The normalized spacial score (nSPS) is 29.1. The van der Waals surface area contributed by atoms with Crippen LogP contribution < -0.4 is 0 Å². The molecule has 1 aromatic rings. The second-order valence-electron chi connectivity index (χ2n) is 4.86. The minimum atomic E-state index is -2.38. The Morgan fingerprint density at radius 2 is 2.00 bits per heavy atom. The van der Waals surface area contributed by atoms with E-state index in [1.807, 2.05) is 31.2 Å². The second kappa shape index (κ2) is 4.78. The molecule has 94 valence electrons. The van der Waals surface area contributed by atoms with Gasteiger partial charge in [-0.15, -0.1) is 0 Å². The van der Waals surface area contributed by atoms with Gasteiger partial charge in [0, 0.05) is 4.90 Å². The first-order valence-corrected chi connectivity index (χ1v) is 7.58. The Balaban J connectivity index is 2.41. The van der Waals surface area contributed by atoms with Crippen LogP contribution in [0.2, 0.25) is 0 Å². The van der Waals surface area contributed by atoms with Gasteiger partial charge in [0.1, 0.15) is 5.94 Å². The molecule has 0 aliphatic carbocycles. The first-order valence-electron chi connectivity index (χ1n) is 5.90. The Morgan fingerprint density at radius 1 is 1.35 bits per heavy atom. The third-order valence-electron chi connectivity index (χ3n) is 3.00. The average molecular weight is 253 g/mol. The quantitative estimate of drug-likeness (QED) is 0.813. The van der Waals surface area contributed by atoms with Gasteiger partial charge in [0.2, 0.25) is 0 Å². The van der Waals surface area contributed by atoms with Gasteiger partial charge in [-0.2, -0.15) is 0 Å². The van der Waals surface area contributed by atoms with Gasteiger partial charge in [0.15, 0.2) is 0 Å². The fourth-order valence-electron chi connectivity index (χ4n) is 1.76. The molecule has 1 heterocycles. The zero-order valence-electron chi connectivity index (χ0n) is 10.6. The molecular formula is C13H19NO2S. The molecule has 1 aliphatic rings. The fraction of sp³-hybridized carbons (Fsp3) is 0.538. The predicted molar refractivity (Wildman–Crippen MR) is 69.5 cm³/mol. The van der Waals surface area contributed by atoms with Crippen LogP contribution in [0.1, 0.15) is 19.4 Å². The van der Waals surface area contributed by atoms with E-state index in [2.05, 4.69) is 18.2 Å². The lowest BCUT2D eigenvalue weighted by Crippen LogP contribution is -2.29. The van der Waals surface area contributed by atoms with E-state index in [1.165, 1.54) is 0 Å². The van der Waals surface area contributed by atoms with E-state index in [0.717, 1.165) is 10.5 Å². The smallest absolute Gasteiger partial charge is 0.134 e. The van der Waals surface area contributed by atoms with Crippen molar-refractivity contribution in [2.45, 2.75) is 31.7 Å². The maximum absolute atomic E-state index is 12.7. The molecule has 0 saturated heterocycles. The molecule has 1 aliphatic heterocycles. The summed E-state index contributed by atoms with van der Waals surface area (Å²) in [5.41, 5.74) is 1.16. The maximum Gasteiger partial charge on any atom is 0.134 e. The first-order chi connectivity index (χ1) is 8.01. The molecule has 0 bridgehead atoms. The van der Waals surface area contributed by atoms with Gasteiger partial charge in [-0.1, -0.05) is 31.5 Å². The third-order valence-corrected chi connectivity index (χ3v) is 5.10. The summed E-state index contributed by atoms with van der Waals surface area (Å²) in [6.45, 7) is 6.76. The van der Waals surface area contributed by atoms with Gasteiger partial charge in [-0.3, -0.25) is 0 Å². The highest BCUT2D eigenvalue weighted by molar-refractivity contribution is 7.93. The van der Waals surface area contributed by atoms with Gasteiger partial charge < -0.3 is 4.74 Å². The zero-order chi connectivity index (χ0) is 12.5. The largest absolute Gasteiger partial charge is 0.365 e. The summed E-state index contributed by atoms with van der Waals surface area (Å²) in [4.78, 5) is 0.786. The molecule has 0 fully saturated rings. The van der Waals surface area contributed by atoms with Crippen molar-refractivity contribution < 1.29 is 8.95 Å². The van der Waals surface area contributed by atoms with Crippen molar-refractivity contribution in [3.63, 3.8) is 0 Å². The minimum Gasteiger partial charge on any atom is -0.365 e. The van der Waals surface area contributed by atoms with E-state index in [1.54, 1.807) is 0 Å². The third kappa shape index (κ3) is 2.69. The molecule has 0 spiro atoms. The minimum absolute atomic E-state index is 0.0394. The Morgan fingerprint density at radius 3 is 2.59 bits per heavy atom. The van der Waals surface area contributed by atoms with Crippen LogP contribution >= 0.6 is 0 Å². The van der Waals surface area contributed by atoms with Gasteiger partial charge >= 0.3 is 0 Å². The molecule has 0 aromatic heterocycles. The average Bonchev–Trinajstić information content (AvgIpc) is 2.29. The topological polar surface area (TPSA) is 38.7 Å². The SMILES string of the molecule is Cc1ccc(S2(=O)=NC(C(C)C)COC2)cc1. The van der Waals surface area contributed by atoms with Gasteiger partial charge in [0.05, 0.1) is 22.4 Å². The van der Waals surface area contributed by atoms with Crippen LogP contribution in [-0.2, 0) is 14.5 Å². The molecule has 1 aromatic carbocycles. The summed E-state index contributed by atoms with van der Waals surface area (Å²) in [5.74, 6) is 0.584. The van der Waals surface area contributed by atoms with Crippen molar-refractivity contribution in [1.82, 2.24) is 0 Å². The Bertz CT molecular complexity index is 499. The number of ether oxygens (including phenoxy) is 1. The monoisotopic (exact) mass is 253 g/mol. The summed E-state index contributed by atoms with van der Waals surface area (Å²) in [5, 5.41) is 0. The highest BCUT2D eigenvalue weighted by Crippen LogP contribution is 2.22. The summed E-state index contributed by atoms with van der Waals surface area (Å²) in [7, 11) is -2.38. The molecule has 0 N–H and O–H groups in total. The first kappa shape index (κ1) is 12.6.